The van der Waals surface area contributed by atoms with Crippen LogP contribution < -0.4 is 4.74 Å². The standard InChI is InChI=1S/C16H17N3O2/c1-11(2)21-16-15-18-9-14(19(15)8-7-17-16)13-6-4-3-5-12(13)10-20/h3-9,11,20H,10H2,1-2H3. The average molecular weight is 283 g/mol. The zero-order valence-electron chi connectivity index (χ0n) is 12.0. The highest BCUT2D eigenvalue weighted by Crippen LogP contribution is 2.27. The first-order valence-corrected chi connectivity index (χ1v) is 6.88. The molecule has 1 aromatic carbocycles. The van der Waals surface area contributed by atoms with Crippen LogP contribution in [0.5, 0.6) is 5.88 Å². The molecule has 0 saturated carbocycles. The van der Waals surface area contributed by atoms with E-state index in [0.29, 0.717) is 11.5 Å². The Kier molecular flexibility index (Phi) is 3.58. The molecule has 0 amide bonds. The van der Waals surface area contributed by atoms with Crippen LogP contribution in [0.4, 0.5) is 0 Å². The monoisotopic (exact) mass is 283 g/mol. The van der Waals surface area contributed by atoms with Crippen LogP contribution in [0.15, 0.2) is 42.9 Å². The molecule has 5 heteroatoms. The zero-order chi connectivity index (χ0) is 14.8. The normalized spacial score (nSPS) is 11.2. The number of aromatic nitrogens is 3. The third kappa shape index (κ3) is 2.48. The first-order chi connectivity index (χ1) is 10.2. The summed E-state index contributed by atoms with van der Waals surface area (Å²) in [6.07, 6.45) is 5.35. The van der Waals surface area contributed by atoms with E-state index in [1.807, 2.05) is 48.7 Å². The first kappa shape index (κ1) is 13.6. The molecule has 2 heterocycles. The van der Waals surface area contributed by atoms with Crippen molar-refractivity contribution < 1.29 is 9.84 Å². The van der Waals surface area contributed by atoms with E-state index >= 15 is 0 Å². The molecule has 0 fully saturated rings. The Morgan fingerprint density at radius 1 is 1.24 bits per heavy atom. The summed E-state index contributed by atoms with van der Waals surface area (Å²) >= 11 is 0. The topological polar surface area (TPSA) is 59.7 Å². The van der Waals surface area contributed by atoms with Crippen LogP contribution in [-0.2, 0) is 6.61 Å². The van der Waals surface area contributed by atoms with Crippen molar-refractivity contribution in [3.63, 3.8) is 0 Å². The highest BCUT2D eigenvalue weighted by Gasteiger charge is 2.13. The van der Waals surface area contributed by atoms with Crippen molar-refractivity contribution in [1.82, 2.24) is 14.4 Å². The number of imidazole rings is 1. The summed E-state index contributed by atoms with van der Waals surface area (Å²) in [6.45, 7) is 3.90. The maximum atomic E-state index is 9.50. The van der Waals surface area contributed by atoms with Gasteiger partial charge >= 0.3 is 0 Å². The van der Waals surface area contributed by atoms with Gasteiger partial charge in [0.15, 0.2) is 0 Å². The molecule has 0 aliphatic carbocycles. The van der Waals surface area contributed by atoms with Crippen LogP contribution in [0.25, 0.3) is 16.9 Å². The van der Waals surface area contributed by atoms with E-state index in [4.69, 9.17) is 4.74 Å². The minimum atomic E-state index is -0.0101. The maximum Gasteiger partial charge on any atom is 0.258 e. The van der Waals surface area contributed by atoms with Gasteiger partial charge in [0.1, 0.15) is 0 Å². The molecular formula is C16H17N3O2. The Morgan fingerprint density at radius 3 is 2.81 bits per heavy atom. The van der Waals surface area contributed by atoms with E-state index in [1.54, 1.807) is 12.4 Å². The van der Waals surface area contributed by atoms with Crippen LogP contribution in [0.3, 0.4) is 0 Å². The maximum absolute atomic E-state index is 9.50. The summed E-state index contributed by atoms with van der Waals surface area (Å²) in [5.41, 5.74) is 3.40. The van der Waals surface area contributed by atoms with Crippen molar-refractivity contribution in [2.75, 3.05) is 0 Å². The van der Waals surface area contributed by atoms with Crippen molar-refractivity contribution in [2.45, 2.75) is 26.6 Å². The van der Waals surface area contributed by atoms with Gasteiger partial charge in [-0.2, -0.15) is 0 Å². The summed E-state index contributed by atoms with van der Waals surface area (Å²) < 4.78 is 7.62. The largest absolute Gasteiger partial charge is 0.472 e. The van der Waals surface area contributed by atoms with E-state index in [-0.39, 0.29) is 12.7 Å². The van der Waals surface area contributed by atoms with Gasteiger partial charge in [-0.15, -0.1) is 0 Å². The number of ether oxygens (including phenoxy) is 1. The Hall–Kier alpha value is -2.40. The van der Waals surface area contributed by atoms with Crippen LogP contribution in [0.1, 0.15) is 19.4 Å². The molecule has 21 heavy (non-hydrogen) atoms. The SMILES string of the molecule is CC(C)Oc1nccn2c(-c3ccccc3CO)cnc12. The molecule has 2 aromatic heterocycles. The summed E-state index contributed by atoms with van der Waals surface area (Å²) in [6, 6.07) is 7.73. The van der Waals surface area contributed by atoms with Gasteiger partial charge in [-0.1, -0.05) is 24.3 Å². The molecule has 3 rings (SSSR count). The van der Waals surface area contributed by atoms with Gasteiger partial charge in [0.05, 0.1) is 24.6 Å². The lowest BCUT2D eigenvalue weighted by atomic mass is 10.1. The lowest BCUT2D eigenvalue weighted by molar-refractivity contribution is 0.234. The highest BCUT2D eigenvalue weighted by atomic mass is 16.5. The molecule has 0 aliphatic heterocycles. The van der Waals surface area contributed by atoms with Crippen molar-refractivity contribution in [3.8, 4) is 17.1 Å². The molecule has 3 aromatic rings. The molecule has 0 spiro atoms. The minimum absolute atomic E-state index is 0.0101. The van der Waals surface area contributed by atoms with Gasteiger partial charge in [0, 0.05) is 18.0 Å². The summed E-state index contributed by atoms with van der Waals surface area (Å²) in [5, 5.41) is 9.50. The van der Waals surface area contributed by atoms with E-state index in [1.165, 1.54) is 0 Å². The summed E-state index contributed by atoms with van der Waals surface area (Å²) in [7, 11) is 0. The van der Waals surface area contributed by atoms with E-state index in [2.05, 4.69) is 9.97 Å². The zero-order valence-corrected chi connectivity index (χ0v) is 12.0. The number of rotatable bonds is 4. The number of hydrogen-bond acceptors (Lipinski definition) is 4. The van der Waals surface area contributed by atoms with E-state index in [0.717, 1.165) is 16.8 Å². The molecule has 0 aliphatic rings. The Balaban J connectivity index is 2.17. The second-order valence-electron chi connectivity index (χ2n) is 5.05. The van der Waals surface area contributed by atoms with Gasteiger partial charge in [0.2, 0.25) is 5.65 Å². The Bertz CT molecular complexity index is 765. The summed E-state index contributed by atoms with van der Waals surface area (Å²) in [5.74, 6) is 0.514. The van der Waals surface area contributed by atoms with Crippen LogP contribution in [0, 0.1) is 0 Å². The molecule has 1 N–H and O–H groups in total. The fourth-order valence-corrected chi connectivity index (χ4v) is 2.31. The predicted molar refractivity (Wildman–Crippen MR) is 80.1 cm³/mol. The third-order valence-electron chi connectivity index (χ3n) is 3.21. The Labute approximate surface area is 122 Å². The number of benzene rings is 1. The molecule has 0 saturated heterocycles. The van der Waals surface area contributed by atoms with Gasteiger partial charge < -0.3 is 9.84 Å². The second kappa shape index (κ2) is 5.54. The molecule has 0 bridgehead atoms. The van der Waals surface area contributed by atoms with Crippen molar-refractivity contribution >= 4 is 5.65 Å². The molecule has 108 valence electrons. The third-order valence-corrected chi connectivity index (χ3v) is 3.21. The second-order valence-corrected chi connectivity index (χ2v) is 5.05. The van der Waals surface area contributed by atoms with Gasteiger partial charge in [-0.3, -0.25) is 4.40 Å². The van der Waals surface area contributed by atoms with Gasteiger partial charge in [-0.05, 0) is 19.4 Å². The number of fused-ring (bicyclic) bond motifs is 1. The fraction of sp³-hybridized carbons (Fsp3) is 0.250. The molecule has 5 nitrogen and oxygen atoms in total. The number of nitrogens with zero attached hydrogens (tertiary/aromatic N) is 3. The molecular weight excluding hydrogens is 266 g/mol. The van der Waals surface area contributed by atoms with Gasteiger partial charge in [0.25, 0.3) is 5.88 Å². The van der Waals surface area contributed by atoms with Crippen molar-refractivity contribution in [3.05, 3.63) is 48.4 Å². The number of aliphatic hydroxyl groups excluding tert-OH is 1. The fourth-order valence-electron chi connectivity index (χ4n) is 2.31. The molecule has 0 atom stereocenters. The minimum Gasteiger partial charge on any atom is -0.472 e. The molecule has 0 radical (unpaired) electrons. The Morgan fingerprint density at radius 2 is 2.05 bits per heavy atom. The number of aliphatic hydroxyl groups is 1. The first-order valence-electron chi connectivity index (χ1n) is 6.88. The summed E-state index contributed by atoms with van der Waals surface area (Å²) in [4.78, 5) is 8.66. The van der Waals surface area contributed by atoms with Crippen LogP contribution in [-0.4, -0.2) is 25.6 Å². The van der Waals surface area contributed by atoms with Crippen molar-refractivity contribution in [2.24, 2.45) is 0 Å². The lowest BCUT2D eigenvalue weighted by Crippen LogP contribution is -2.08. The van der Waals surface area contributed by atoms with Crippen molar-refractivity contribution in [1.29, 1.82) is 0 Å². The smallest absolute Gasteiger partial charge is 0.258 e. The highest BCUT2D eigenvalue weighted by molar-refractivity contribution is 5.68. The van der Waals surface area contributed by atoms with Gasteiger partial charge in [-0.25, -0.2) is 9.97 Å². The average Bonchev–Trinajstić information content (AvgIpc) is 2.91. The van der Waals surface area contributed by atoms with E-state index in [9.17, 15) is 5.11 Å². The number of hydrogen-bond donors (Lipinski definition) is 1. The predicted octanol–water partition coefficient (Wildman–Crippen LogP) is 2.68. The van der Waals surface area contributed by atoms with Crippen LogP contribution >= 0.6 is 0 Å². The van der Waals surface area contributed by atoms with E-state index < -0.39 is 0 Å². The molecule has 0 unspecified atom stereocenters. The van der Waals surface area contributed by atoms with Crippen LogP contribution in [0.2, 0.25) is 0 Å². The lowest BCUT2D eigenvalue weighted by Gasteiger charge is -2.10. The quantitative estimate of drug-likeness (QED) is 0.799.